The molecule has 0 aromatic carbocycles. The molecule has 4 aliphatic carbocycles. The van der Waals surface area contributed by atoms with Crippen molar-refractivity contribution in [2.75, 3.05) is 0 Å². The summed E-state index contributed by atoms with van der Waals surface area (Å²) in [4.78, 5) is 0. The van der Waals surface area contributed by atoms with Gasteiger partial charge in [0, 0.05) is 0 Å². The fraction of sp³-hybridized carbons (Fsp3) is 0.750. The third-order valence-electron chi connectivity index (χ3n) is 8.52. The first-order chi connectivity index (χ1) is 11.3. The zero-order chi connectivity index (χ0) is 17.6. The average molecular weight is 327 g/mol. The fourth-order valence-electron chi connectivity index (χ4n) is 7.68. The molecular weight excluding hydrogens is 288 g/mol. The maximum Gasteiger partial charge on any atom is -0.0200 e. The van der Waals surface area contributed by atoms with E-state index in [2.05, 4.69) is 40.5 Å². The molecule has 0 aromatic rings. The Morgan fingerprint density at radius 3 is 2.29 bits per heavy atom. The van der Waals surface area contributed by atoms with Gasteiger partial charge < -0.3 is 0 Å². The van der Waals surface area contributed by atoms with Crippen molar-refractivity contribution < 1.29 is 0 Å². The van der Waals surface area contributed by atoms with Crippen LogP contribution in [0.1, 0.15) is 78.6 Å². The number of hydrogen-bond donors (Lipinski definition) is 0. The second kappa shape index (κ2) is 6.19. The Kier molecular flexibility index (Phi) is 4.65. The van der Waals surface area contributed by atoms with E-state index in [1.165, 1.54) is 57.8 Å². The maximum absolute atomic E-state index is 4.44. The Bertz CT molecular complexity index is 518. The number of rotatable bonds is 1. The van der Waals surface area contributed by atoms with Crippen molar-refractivity contribution in [2.24, 2.45) is 34.0 Å². The van der Waals surface area contributed by atoms with Gasteiger partial charge in [0.15, 0.2) is 0 Å². The highest BCUT2D eigenvalue weighted by molar-refractivity contribution is 5.22. The highest BCUT2D eigenvalue weighted by Crippen LogP contribution is 2.72. The van der Waals surface area contributed by atoms with E-state index < -0.39 is 0 Å². The van der Waals surface area contributed by atoms with Gasteiger partial charge in [-0.1, -0.05) is 64.7 Å². The van der Waals surface area contributed by atoms with Crippen LogP contribution in [0.2, 0.25) is 0 Å². The predicted molar refractivity (Wildman–Crippen MR) is 106 cm³/mol. The molecule has 0 heterocycles. The lowest BCUT2D eigenvalue weighted by Crippen LogP contribution is -2.55. The van der Waals surface area contributed by atoms with Gasteiger partial charge in [-0.2, -0.15) is 0 Å². The standard InChI is InChI=1S/C20H32.C4H6/c1-14-12-20-11-8-16-18(2,3)9-5-10-19(16,4)17(20)7-6-15(14)13-20;1-3-4-2/h15-17H,1,5-13H2,2-4H3;3-4H,1-2H2/t15-,16?,17?,19-,20-;/m1./s1. The molecule has 134 valence electrons. The summed E-state index contributed by atoms with van der Waals surface area (Å²) in [5.41, 5.74) is 3.51. The molecule has 5 atom stereocenters. The quantitative estimate of drug-likeness (QED) is 0.349. The molecule has 4 fully saturated rings. The molecular formula is C24H38. The number of hydrogen-bond acceptors (Lipinski definition) is 0. The first-order valence-corrected chi connectivity index (χ1v) is 10.2. The van der Waals surface area contributed by atoms with Crippen LogP contribution in [-0.4, -0.2) is 0 Å². The third kappa shape index (κ3) is 2.65. The summed E-state index contributed by atoms with van der Waals surface area (Å²) >= 11 is 0. The second-order valence-corrected chi connectivity index (χ2v) is 10.1. The molecule has 0 aromatic heterocycles. The topological polar surface area (TPSA) is 0 Å². The van der Waals surface area contributed by atoms with Crippen LogP contribution in [0.5, 0.6) is 0 Å². The van der Waals surface area contributed by atoms with Crippen LogP contribution in [0.3, 0.4) is 0 Å². The summed E-state index contributed by atoms with van der Waals surface area (Å²) in [7, 11) is 0. The molecule has 0 saturated heterocycles. The lowest BCUT2D eigenvalue weighted by atomic mass is 9.41. The molecule has 0 heteroatoms. The van der Waals surface area contributed by atoms with Crippen LogP contribution < -0.4 is 0 Å². The van der Waals surface area contributed by atoms with Crippen molar-refractivity contribution in [1.82, 2.24) is 0 Å². The Morgan fingerprint density at radius 2 is 1.62 bits per heavy atom. The molecule has 0 aliphatic heterocycles. The van der Waals surface area contributed by atoms with E-state index in [4.69, 9.17) is 0 Å². The van der Waals surface area contributed by atoms with Crippen molar-refractivity contribution in [3.63, 3.8) is 0 Å². The van der Waals surface area contributed by atoms with E-state index in [0.717, 1.165) is 17.8 Å². The Morgan fingerprint density at radius 1 is 0.917 bits per heavy atom. The lowest BCUT2D eigenvalue weighted by Gasteiger charge is -2.64. The molecule has 2 bridgehead atoms. The lowest BCUT2D eigenvalue weighted by molar-refractivity contribution is -0.144. The minimum Gasteiger partial charge on any atom is -0.0996 e. The van der Waals surface area contributed by atoms with Gasteiger partial charge in [-0.3, -0.25) is 0 Å². The van der Waals surface area contributed by atoms with Crippen molar-refractivity contribution in [3.8, 4) is 0 Å². The summed E-state index contributed by atoms with van der Waals surface area (Å²) in [6, 6.07) is 0. The van der Waals surface area contributed by atoms with E-state index in [-0.39, 0.29) is 0 Å². The molecule has 24 heavy (non-hydrogen) atoms. The molecule has 0 N–H and O–H groups in total. The number of allylic oxidation sites excluding steroid dienone is 3. The van der Waals surface area contributed by atoms with Gasteiger partial charge in [0.05, 0.1) is 0 Å². The third-order valence-corrected chi connectivity index (χ3v) is 8.52. The molecule has 2 unspecified atom stereocenters. The predicted octanol–water partition coefficient (Wildman–Crippen LogP) is 7.33. The van der Waals surface area contributed by atoms with Crippen LogP contribution in [-0.2, 0) is 0 Å². The monoisotopic (exact) mass is 326 g/mol. The van der Waals surface area contributed by atoms with Crippen molar-refractivity contribution in [3.05, 3.63) is 37.5 Å². The van der Waals surface area contributed by atoms with Gasteiger partial charge in [-0.05, 0) is 85.4 Å². The fourth-order valence-corrected chi connectivity index (χ4v) is 7.68. The molecule has 4 aliphatic rings. The molecule has 0 radical (unpaired) electrons. The van der Waals surface area contributed by atoms with E-state index in [1.807, 2.05) is 0 Å². The summed E-state index contributed by atoms with van der Waals surface area (Å²) in [5.74, 6) is 2.87. The zero-order valence-corrected chi connectivity index (χ0v) is 16.4. The van der Waals surface area contributed by atoms with Gasteiger partial charge in [-0.15, -0.1) is 0 Å². The van der Waals surface area contributed by atoms with Crippen molar-refractivity contribution in [2.45, 2.75) is 78.6 Å². The summed E-state index contributed by atoms with van der Waals surface area (Å²) < 4.78 is 0. The van der Waals surface area contributed by atoms with Gasteiger partial charge >= 0.3 is 0 Å². The van der Waals surface area contributed by atoms with E-state index in [1.54, 1.807) is 17.7 Å². The van der Waals surface area contributed by atoms with Crippen LogP contribution in [0.15, 0.2) is 37.5 Å². The van der Waals surface area contributed by atoms with Crippen LogP contribution >= 0.6 is 0 Å². The summed E-state index contributed by atoms with van der Waals surface area (Å²) in [6.45, 7) is 19.0. The SMILES string of the molecule is C=C1C[C@@]23CCC4C(C)(C)CCC[C@@]4(C)C2CC[C@@H]1C3.C=CC=C. The highest BCUT2D eigenvalue weighted by Gasteiger charge is 2.62. The van der Waals surface area contributed by atoms with Crippen molar-refractivity contribution >= 4 is 0 Å². The Balaban J connectivity index is 0.000000383. The smallest absolute Gasteiger partial charge is 0.0200 e. The minimum absolute atomic E-state index is 0.584. The average Bonchev–Trinajstić information content (AvgIpc) is 2.75. The van der Waals surface area contributed by atoms with Gasteiger partial charge in [0.1, 0.15) is 0 Å². The minimum atomic E-state index is 0.584. The molecule has 4 rings (SSSR count). The zero-order valence-electron chi connectivity index (χ0n) is 16.4. The number of fused-ring (bicyclic) bond motifs is 3. The van der Waals surface area contributed by atoms with Gasteiger partial charge in [-0.25, -0.2) is 0 Å². The highest BCUT2D eigenvalue weighted by atomic mass is 14.7. The summed E-state index contributed by atoms with van der Waals surface area (Å²) in [5, 5.41) is 0. The molecule has 0 amide bonds. The van der Waals surface area contributed by atoms with Crippen LogP contribution in [0.4, 0.5) is 0 Å². The molecule has 4 saturated carbocycles. The Hall–Kier alpha value is -0.780. The van der Waals surface area contributed by atoms with Crippen LogP contribution in [0.25, 0.3) is 0 Å². The first-order valence-electron chi connectivity index (χ1n) is 10.2. The largest absolute Gasteiger partial charge is 0.0996 e. The van der Waals surface area contributed by atoms with Crippen molar-refractivity contribution in [1.29, 1.82) is 0 Å². The summed E-state index contributed by atoms with van der Waals surface area (Å²) in [6.07, 6.45) is 16.6. The van der Waals surface area contributed by atoms with Gasteiger partial charge in [0.2, 0.25) is 0 Å². The maximum atomic E-state index is 4.44. The van der Waals surface area contributed by atoms with Gasteiger partial charge in [0.25, 0.3) is 0 Å². The first kappa shape index (κ1) is 18.0. The van der Waals surface area contributed by atoms with E-state index in [0.29, 0.717) is 16.2 Å². The Labute approximate surface area is 150 Å². The van der Waals surface area contributed by atoms with E-state index in [9.17, 15) is 0 Å². The van der Waals surface area contributed by atoms with E-state index >= 15 is 0 Å². The molecule has 1 spiro atoms. The normalized spacial score (nSPS) is 45.3. The second-order valence-electron chi connectivity index (χ2n) is 10.1. The molecule has 0 nitrogen and oxygen atoms in total. The van der Waals surface area contributed by atoms with Crippen LogP contribution in [0, 0.1) is 34.0 Å².